The molecule has 0 N–H and O–H groups in total. The molecule has 0 heterocycles. The SMILES string of the molecule is C.[CH3-].[W].[Y]. The molecule has 0 bridgehead atoms. The van der Waals surface area contributed by atoms with Crippen LogP contribution < -0.4 is 0 Å². The minimum atomic E-state index is 0. The molecule has 0 fully saturated rings. The van der Waals surface area contributed by atoms with Gasteiger partial charge in [-0.3, -0.25) is 0 Å². The van der Waals surface area contributed by atoms with Crippen molar-refractivity contribution in [1.29, 1.82) is 0 Å². The molecule has 0 aromatic carbocycles. The average Bonchev–Trinajstić information content (AvgIpc) is 0. The van der Waals surface area contributed by atoms with E-state index in [-0.39, 0.29) is 68.6 Å². The first-order chi connectivity index (χ1) is 0. The first kappa shape index (κ1) is 41.4. The van der Waals surface area contributed by atoms with Gasteiger partial charge in [0.2, 0.25) is 0 Å². The molecule has 0 rings (SSSR count). The predicted molar refractivity (Wildman–Crippen MR) is 13.1 cm³/mol. The van der Waals surface area contributed by atoms with Crippen LogP contribution in [0.2, 0.25) is 0 Å². The number of hydrogen-bond acceptors (Lipinski definition) is 0. The van der Waals surface area contributed by atoms with E-state index in [0.717, 1.165) is 0 Å². The van der Waals surface area contributed by atoms with Crippen molar-refractivity contribution in [1.82, 2.24) is 0 Å². The molecular formula is C2H7WY-. The summed E-state index contributed by atoms with van der Waals surface area (Å²) in [6.07, 6.45) is 0. The fraction of sp³-hybridized carbons (Fsp3) is 0.500. The van der Waals surface area contributed by atoms with Crippen molar-refractivity contribution < 1.29 is 53.8 Å². The van der Waals surface area contributed by atoms with E-state index < -0.39 is 0 Å². The van der Waals surface area contributed by atoms with E-state index in [2.05, 4.69) is 0 Å². The quantitative estimate of drug-likeness (QED) is 0.588. The van der Waals surface area contributed by atoms with Crippen LogP contribution in [0.15, 0.2) is 0 Å². The Morgan fingerprint density at radius 2 is 1.00 bits per heavy atom. The summed E-state index contributed by atoms with van der Waals surface area (Å²) < 4.78 is 0. The van der Waals surface area contributed by atoms with Crippen LogP contribution >= 0.6 is 0 Å². The zero-order valence-corrected chi connectivity index (χ0v) is 7.76. The van der Waals surface area contributed by atoms with E-state index >= 15 is 0 Å². The van der Waals surface area contributed by atoms with Crippen LogP contribution in [0.4, 0.5) is 0 Å². The monoisotopic (exact) mass is 304 g/mol. The second-order valence-electron chi connectivity index (χ2n) is 0. The van der Waals surface area contributed by atoms with Gasteiger partial charge in [0.15, 0.2) is 0 Å². The van der Waals surface area contributed by atoms with E-state index in [1.165, 1.54) is 0 Å². The summed E-state index contributed by atoms with van der Waals surface area (Å²) >= 11 is 0. The van der Waals surface area contributed by atoms with Crippen LogP contribution in [0.3, 0.4) is 0 Å². The van der Waals surface area contributed by atoms with Gasteiger partial charge >= 0.3 is 0 Å². The minimum absolute atomic E-state index is 0. The van der Waals surface area contributed by atoms with Crippen LogP contribution in [0.1, 0.15) is 7.43 Å². The van der Waals surface area contributed by atoms with Crippen molar-refractivity contribution in [2.24, 2.45) is 0 Å². The molecular weight excluding hydrogens is 297 g/mol. The summed E-state index contributed by atoms with van der Waals surface area (Å²) in [6.45, 7) is 0. The Bertz CT molecular complexity index is 6.00. The standard InChI is InChI=1S/CH4.CH3.W.Y/h1H4;1H3;;/q;-1;;. The summed E-state index contributed by atoms with van der Waals surface area (Å²) in [5.74, 6) is 0. The summed E-state index contributed by atoms with van der Waals surface area (Å²) in [5, 5.41) is 0. The molecule has 0 aromatic rings. The molecule has 0 unspecified atom stereocenters. The molecule has 0 saturated heterocycles. The zero-order chi connectivity index (χ0) is 0. The Morgan fingerprint density at radius 1 is 1.00 bits per heavy atom. The summed E-state index contributed by atoms with van der Waals surface area (Å²) in [4.78, 5) is 0. The second-order valence-corrected chi connectivity index (χ2v) is 0. The zero-order valence-electron chi connectivity index (χ0n) is 1.99. The Labute approximate surface area is 67.9 Å². The smallest absolute Gasteiger partial charge is 0 e. The van der Waals surface area contributed by atoms with Crippen LogP contribution in [0.25, 0.3) is 0 Å². The fourth-order valence-electron chi connectivity index (χ4n) is 0. The third-order valence-electron chi connectivity index (χ3n) is 0. The molecule has 0 aromatic heterocycles. The van der Waals surface area contributed by atoms with Gasteiger partial charge in [-0.25, -0.2) is 0 Å². The Hall–Kier alpha value is 1.79. The maximum Gasteiger partial charge on any atom is 0 e. The van der Waals surface area contributed by atoms with E-state index in [0.29, 0.717) is 0 Å². The molecule has 0 nitrogen and oxygen atoms in total. The van der Waals surface area contributed by atoms with Crippen molar-refractivity contribution in [3.63, 3.8) is 0 Å². The molecule has 25 valence electrons. The fourth-order valence-corrected chi connectivity index (χ4v) is 0. The third-order valence-corrected chi connectivity index (χ3v) is 0. The molecule has 0 aliphatic carbocycles. The van der Waals surface area contributed by atoms with E-state index in [4.69, 9.17) is 0 Å². The van der Waals surface area contributed by atoms with Gasteiger partial charge in [-0.2, -0.15) is 0 Å². The Kier molecular flexibility index (Phi) is 222. The molecule has 1 radical (unpaired) electrons. The van der Waals surface area contributed by atoms with Gasteiger partial charge in [-0.05, 0) is 0 Å². The molecule has 0 saturated carbocycles. The molecule has 0 atom stereocenters. The van der Waals surface area contributed by atoms with E-state index in [1.807, 2.05) is 0 Å². The van der Waals surface area contributed by atoms with Gasteiger partial charge < -0.3 is 7.43 Å². The molecule has 0 aliphatic heterocycles. The summed E-state index contributed by atoms with van der Waals surface area (Å²) in [6, 6.07) is 0. The van der Waals surface area contributed by atoms with E-state index in [1.54, 1.807) is 0 Å². The summed E-state index contributed by atoms with van der Waals surface area (Å²) in [7, 11) is 0. The second kappa shape index (κ2) is 21.5. The Balaban J connectivity index is 0. The van der Waals surface area contributed by atoms with Gasteiger partial charge in [0.1, 0.15) is 0 Å². The van der Waals surface area contributed by atoms with Gasteiger partial charge in [-0.1, -0.05) is 7.43 Å². The molecule has 0 amide bonds. The minimum Gasteiger partial charge on any atom is -0.358 e. The summed E-state index contributed by atoms with van der Waals surface area (Å²) in [5.41, 5.74) is 0. The number of rotatable bonds is 0. The van der Waals surface area contributed by atoms with Crippen molar-refractivity contribution in [2.45, 2.75) is 7.43 Å². The first-order valence-electron chi connectivity index (χ1n) is 0. The average molecular weight is 304 g/mol. The van der Waals surface area contributed by atoms with E-state index in [9.17, 15) is 0 Å². The maximum absolute atomic E-state index is 0. The van der Waals surface area contributed by atoms with Crippen LogP contribution in [0.5, 0.6) is 0 Å². The Morgan fingerprint density at radius 3 is 1.00 bits per heavy atom. The topological polar surface area (TPSA) is 0 Å². The van der Waals surface area contributed by atoms with Crippen molar-refractivity contribution in [2.75, 3.05) is 0 Å². The number of hydrogen-bond donors (Lipinski definition) is 0. The van der Waals surface area contributed by atoms with Gasteiger partial charge in [-0.15, -0.1) is 0 Å². The molecule has 4 heavy (non-hydrogen) atoms. The van der Waals surface area contributed by atoms with Crippen LogP contribution in [0, 0.1) is 7.43 Å². The molecule has 0 aliphatic rings. The van der Waals surface area contributed by atoms with Crippen molar-refractivity contribution in [3.8, 4) is 0 Å². The van der Waals surface area contributed by atoms with Crippen LogP contribution in [-0.4, -0.2) is 0 Å². The van der Waals surface area contributed by atoms with Crippen LogP contribution in [-0.2, 0) is 53.8 Å². The molecule has 2 heteroatoms. The normalized spacial score (nSPS) is 0. The largest absolute Gasteiger partial charge is 0.358 e. The van der Waals surface area contributed by atoms with Crippen molar-refractivity contribution >= 4 is 0 Å². The van der Waals surface area contributed by atoms with Gasteiger partial charge in [0, 0.05) is 53.8 Å². The van der Waals surface area contributed by atoms with Crippen molar-refractivity contribution in [3.05, 3.63) is 7.43 Å². The third kappa shape index (κ3) is 9.20. The van der Waals surface area contributed by atoms with Gasteiger partial charge in [0.05, 0.1) is 0 Å². The first-order valence-corrected chi connectivity index (χ1v) is 0. The predicted octanol–water partition coefficient (Wildman–Crippen LogP) is 1.08. The van der Waals surface area contributed by atoms with Gasteiger partial charge in [0.25, 0.3) is 0 Å². The maximum atomic E-state index is 0. The molecule has 0 spiro atoms.